The van der Waals surface area contributed by atoms with Crippen molar-refractivity contribution in [3.05, 3.63) is 42.4 Å². The summed E-state index contributed by atoms with van der Waals surface area (Å²) in [5, 5.41) is 14.1. The molecule has 1 fully saturated rings. The number of carbonyl (C=O) groups excluding carboxylic acids is 1. The maximum absolute atomic E-state index is 12.7. The molecule has 4 rings (SSSR count). The highest BCUT2D eigenvalue weighted by Crippen LogP contribution is 2.25. The number of fused-ring (bicyclic) bond motifs is 1. The number of nitrogens with zero attached hydrogens (tertiary/aromatic N) is 6. The van der Waals surface area contributed by atoms with Crippen LogP contribution in [0.3, 0.4) is 0 Å². The maximum atomic E-state index is 12.7. The van der Waals surface area contributed by atoms with E-state index in [2.05, 4.69) is 42.4 Å². The number of para-hydroxylation sites is 1. The minimum Gasteiger partial charge on any atom is -0.341 e. The summed E-state index contributed by atoms with van der Waals surface area (Å²) in [4.78, 5) is 14.7. The molecule has 1 amide bonds. The summed E-state index contributed by atoms with van der Waals surface area (Å²) in [5.41, 5.74) is 2.01. The van der Waals surface area contributed by atoms with Crippen LogP contribution in [-0.2, 0) is 16.8 Å². The Morgan fingerprint density at radius 1 is 1.19 bits per heavy atom. The van der Waals surface area contributed by atoms with Crippen molar-refractivity contribution in [2.24, 2.45) is 0 Å². The quantitative estimate of drug-likeness (QED) is 0.715. The first-order valence-electron chi connectivity index (χ1n) is 9.52. The highest BCUT2D eigenvalue weighted by Gasteiger charge is 2.26. The number of hydrogen-bond donors (Lipinski definition) is 0. The average Bonchev–Trinajstić information content (AvgIpc) is 3.30. The molecule has 0 aliphatic carbocycles. The summed E-state index contributed by atoms with van der Waals surface area (Å²) in [5.74, 6) is 0.122. The van der Waals surface area contributed by atoms with Gasteiger partial charge in [0.2, 0.25) is 5.91 Å². The van der Waals surface area contributed by atoms with E-state index >= 15 is 0 Å². The first-order valence-corrected chi connectivity index (χ1v) is 9.52. The number of amides is 1. The molecule has 0 radical (unpaired) electrons. The van der Waals surface area contributed by atoms with E-state index in [0.29, 0.717) is 6.04 Å². The summed E-state index contributed by atoms with van der Waals surface area (Å²) >= 11 is 0. The van der Waals surface area contributed by atoms with Crippen molar-refractivity contribution in [3.63, 3.8) is 0 Å². The van der Waals surface area contributed by atoms with Crippen LogP contribution < -0.4 is 0 Å². The van der Waals surface area contributed by atoms with Crippen LogP contribution in [-0.4, -0.2) is 48.7 Å². The van der Waals surface area contributed by atoms with E-state index in [-0.39, 0.29) is 17.9 Å². The van der Waals surface area contributed by atoms with Gasteiger partial charge < -0.3 is 4.90 Å². The molecule has 0 atom stereocenters. The zero-order valence-corrected chi connectivity index (χ0v) is 16.2. The fourth-order valence-corrected chi connectivity index (χ4v) is 3.56. The molecule has 7 heteroatoms. The fourth-order valence-electron chi connectivity index (χ4n) is 3.56. The minimum atomic E-state index is 0.00144. The Kier molecular flexibility index (Phi) is 4.45. The zero-order chi connectivity index (χ0) is 19.0. The third-order valence-corrected chi connectivity index (χ3v) is 5.31. The Labute approximate surface area is 159 Å². The number of aromatic nitrogens is 5. The number of rotatable bonds is 3. The number of carbonyl (C=O) groups is 1. The van der Waals surface area contributed by atoms with Crippen LogP contribution in [0.1, 0.15) is 45.3 Å². The number of piperidine rings is 1. The molecule has 1 aliphatic heterocycles. The highest BCUT2D eigenvalue weighted by molar-refractivity contribution is 5.82. The Hall–Kier alpha value is -2.70. The van der Waals surface area contributed by atoms with Gasteiger partial charge in [-0.1, -0.05) is 44.2 Å². The monoisotopic (exact) mass is 366 g/mol. The third kappa shape index (κ3) is 3.59. The van der Waals surface area contributed by atoms with Gasteiger partial charge in [-0.05, 0) is 18.9 Å². The summed E-state index contributed by atoms with van der Waals surface area (Å²) in [7, 11) is 0. The number of benzene rings is 1. The van der Waals surface area contributed by atoms with Gasteiger partial charge in [0.25, 0.3) is 0 Å². The Morgan fingerprint density at radius 3 is 2.63 bits per heavy atom. The smallest absolute Gasteiger partial charge is 0.244 e. The molecule has 0 unspecified atom stereocenters. The molecule has 0 saturated carbocycles. The first-order chi connectivity index (χ1) is 12.9. The second kappa shape index (κ2) is 6.79. The van der Waals surface area contributed by atoms with E-state index in [1.165, 1.54) is 0 Å². The van der Waals surface area contributed by atoms with Crippen molar-refractivity contribution in [1.29, 1.82) is 0 Å². The molecule has 0 N–H and O–H groups in total. The highest BCUT2D eigenvalue weighted by atomic mass is 16.2. The molecule has 1 saturated heterocycles. The van der Waals surface area contributed by atoms with Crippen LogP contribution in [0, 0.1) is 0 Å². The first kappa shape index (κ1) is 17.7. The van der Waals surface area contributed by atoms with Crippen LogP contribution >= 0.6 is 0 Å². The van der Waals surface area contributed by atoms with Crippen molar-refractivity contribution < 1.29 is 4.79 Å². The SMILES string of the molecule is CC(C)(C)c1cn(C2CCN(C(=O)Cn3ncc4ccccc43)CC2)nn1. The third-order valence-electron chi connectivity index (χ3n) is 5.31. The molecule has 2 aromatic heterocycles. The van der Waals surface area contributed by atoms with Gasteiger partial charge in [0.15, 0.2) is 0 Å². The molecular formula is C20H26N6O. The normalized spacial score (nSPS) is 16.2. The van der Waals surface area contributed by atoms with Crippen LogP contribution in [0.4, 0.5) is 0 Å². The minimum absolute atomic E-state index is 0.00144. The average molecular weight is 366 g/mol. The standard InChI is InChI=1S/C20H26N6O/c1-20(2,3)18-13-25(23-22-18)16-8-10-24(11-9-16)19(27)14-26-17-7-5-4-6-15(17)12-21-26/h4-7,12-13,16H,8-11,14H2,1-3H3. The van der Waals surface area contributed by atoms with Gasteiger partial charge in [0.1, 0.15) is 6.54 Å². The lowest BCUT2D eigenvalue weighted by atomic mass is 9.93. The molecule has 0 bridgehead atoms. The Balaban J connectivity index is 1.37. The van der Waals surface area contributed by atoms with E-state index in [4.69, 9.17) is 0 Å². The number of hydrogen-bond acceptors (Lipinski definition) is 4. The van der Waals surface area contributed by atoms with Gasteiger partial charge in [0.05, 0.1) is 23.4 Å². The Bertz CT molecular complexity index is 943. The van der Waals surface area contributed by atoms with E-state index in [0.717, 1.165) is 42.5 Å². The second-order valence-corrected chi connectivity index (χ2v) is 8.31. The maximum Gasteiger partial charge on any atom is 0.244 e. The molecule has 1 aromatic carbocycles. The van der Waals surface area contributed by atoms with Gasteiger partial charge >= 0.3 is 0 Å². The summed E-state index contributed by atoms with van der Waals surface area (Å²) < 4.78 is 3.76. The Morgan fingerprint density at radius 2 is 1.93 bits per heavy atom. The van der Waals surface area contributed by atoms with E-state index < -0.39 is 0 Å². The largest absolute Gasteiger partial charge is 0.341 e. The summed E-state index contributed by atoms with van der Waals surface area (Å²) in [6.45, 7) is 8.20. The molecular weight excluding hydrogens is 340 g/mol. The number of likely N-dealkylation sites (tertiary alicyclic amines) is 1. The van der Waals surface area contributed by atoms with E-state index in [1.54, 1.807) is 4.68 Å². The van der Waals surface area contributed by atoms with Gasteiger partial charge in [-0.2, -0.15) is 5.10 Å². The molecule has 142 valence electrons. The van der Waals surface area contributed by atoms with Crippen molar-refractivity contribution in [3.8, 4) is 0 Å². The predicted octanol–water partition coefficient (Wildman–Crippen LogP) is 2.79. The zero-order valence-electron chi connectivity index (χ0n) is 16.2. The molecule has 3 heterocycles. The van der Waals surface area contributed by atoms with Gasteiger partial charge in [0, 0.05) is 30.1 Å². The van der Waals surface area contributed by atoms with E-state index in [1.807, 2.05) is 40.0 Å². The lowest BCUT2D eigenvalue weighted by molar-refractivity contribution is -0.133. The van der Waals surface area contributed by atoms with Crippen LogP contribution in [0.25, 0.3) is 10.9 Å². The lowest BCUT2D eigenvalue weighted by Gasteiger charge is -2.32. The van der Waals surface area contributed by atoms with Crippen LogP contribution in [0.2, 0.25) is 0 Å². The summed E-state index contributed by atoms with van der Waals surface area (Å²) in [6.07, 6.45) is 5.67. The molecule has 27 heavy (non-hydrogen) atoms. The molecule has 7 nitrogen and oxygen atoms in total. The van der Waals surface area contributed by atoms with Gasteiger partial charge in [-0.3, -0.25) is 9.48 Å². The van der Waals surface area contributed by atoms with Gasteiger partial charge in [-0.15, -0.1) is 5.10 Å². The van der Waals surface area contributed by atoms with Crippen LogP contribution in [0.5, 0.6) is 0 Å². The van der Waals surface area contributed by atoms with Crippen molar-refractivity contribution in [1.82, 2.24) is 29.7 Å². The predicted molar refractivity (Wildman–Crippen MR) is 103 cm³/mol. The lowest BCUT2D eigenvalue weighted by Crippen LogP contribution is -2.41. The molecule has 0 spiro atoms. The second-order valence-electron chi connectivity index (χ2n) is 8.31. The van der Waals surface area contributed by atoms with Crippen molar-refractivity contribution in [2.75, 3.05) is 13.1 Å². The topological polar surface area (TPSA) is 68.8 Å². The van der Waals surface area contributed by atoms with E-state index in [9.17, 15) is 4.79 Å². The summed E-state index contributed by atoms with van der Waals surface area (Å²) in [6, 6.07) is 8.28. The van der Waals surface area contributed by atoms with Crippen LogP contribution in [0.15, 0.2) is 36.7 Å². The molecule has 1 aliphatic rings. The van der Waals surface area contributed by atoms with Crippen molar-refractivity contribution >= 4 is 16.8 Å². The molecule has 3 aromatic rings. The van der Waals surface area contributed by atoms with Crippen molar-refractivity contribution in [2.45, 2.75) is 51.6 Å². The van der Waals surface area contributed by atoms with Gasteiger partial charge in [-0.25, -0.2) is 4.68 Å². The fraction of sp³-hybridized carbons (Fsp3) is 0.500.